The minimum atomic E-state index is -0.602. The summed E-state index contributed by atoms with van der Waals surface area (Å²) < 4.78 is 13.8. The summed E-state index contributed by atoms with van der Waals surface area (Å²) in [6, 6.07) is 9.37. The predicted molar refractivity (Wildman–Crippen MR) is 73.6 cm³/mol. The Hall–Kier alpha value is -1.09. The van der Waals surface area contributed by atoms with Crippen LogP contribution in [0.3, 0.4) is 0 Å². The highest BCUT2D eigenvalue weighted by molar-refractivity contribution is 6.31. The van der Waals surface area contributed by atoms with Crippen LogP contribution < -0.4 is 5.73 Å². The first-order valence-electron chi connectivity index (χ1n) is 5.45. The zero-order valence-electron chi connectivity index (χ0n) is 9.75. The fourth-order valence-corrected chi connectivity index (χ4v) is 2.32. The van der Waals surface area contributed by atoms with E-state index in [1.165, 1.54) is 6.07 Å². The van der Waals surface area contributed by atoms with Crippen molar-refractivity contribution in [3.63, 3.8) is 0 Å². The Bertz CT molecular complexity index is 533. The molecule has 0 aliphatic heterocycles. The SMILES string of the molecule is Cc1ccc(C(N)c2ccc(Cl)cc2F)c(Cl)c1. The van der Waals surface area contributed by atoms with E-state index in [1.54, 1.807) is 12.1 Å². The summed E-state index contributed by atoms with van der Waals surface area (Å²) in [4.78, 5) is 0. The second kappa shape index (κ2) is 5.27. The minimum Gasteiger partial charge on any atom is -0.320 e. The summed E-state index contributed by atoms with van der Waals surface area (Å²) in [5.41, 5.74) is 8.16. The molecule has 94 valence electrons. The Morgan fingerprint density at radius 1 is 1.06 bits per heavy atom. The van der Waals surface area contributed by atoms with E-state index in [0.29, 0.717) is 21.2 Å². The summed E-state index contributed by atoms with van der Waals surface area (Å²) in [7, 11) is 0. The van der Waals surface area contributed by atoms with Crippen LogP contribution in [0.5, 0.6) is 0 Å². The van der Waals surface area contributed by atoms with E-state index < -0.39 is 11.9 Å². The molecule has 0 saturated heterocycles. The predicted octanol–water partition coefficient (Wildman–Crippen LogP) is 4.49. The number of aryl methyl sites for hydroxylation is 1. The second-order valence-corrected chi connectivity index (χ2v) is 5.01. The molecule has 1 unspecified atom stereocenters. The Kier molecular flexibility index (Phi) is 3.91. The van der Waals surface area contributed by atoms with Crippen LogP contribution in [0.2, 0.25) is 10.0 Å². The van der Waals surface area contributed by atoms with Gasteiger partial charge in [0.15, 0.2) is 0 Å². The van der Waals surface area contributed by atoms with Crippen molar-refractivity contribution in [1.29, 1.82) is 0 Å². The lowest BCUT2D eigenvalue weighted by atomic mass is 9.98. The van der Waals surface area contributed by atoms with Crippen molar-refractivity contribution in [3.8, 4) is 0 Å². The fraction of sp³-hybridized carbons (Fsp3) is 0.143. The van der Waals surface area contributed by atoms with Crippen LogP contribution in [0, 0.1) is 12.7 Å². The summed E-state index contributed by atoms with van der Waals surface area (Å²) in [6.07, 6.45) is 0. The van der Waals surface area contributed by atoms with Crippen LogP contribution in [-0.4, -0.2) is 0 Å². The quantitative estimate of drug-likeness (QED) is 0.864. The number of benzene rings is 2. The van der Waals surface area contributed by atoms with Crippen LogP contribution in [0.4, 0.5) is 4.39 Å². The number of nitrogens with two attached hydrogens (primary N) is 1. The molecule has 0 bridgehead atoms. The lowest BCUT2D eigenvalue weighted by molar-refractivity contribution is 0.600. The van der Waals surface area contributed by atoms with Gasteiger partial charge in [-0.25, -0.2) is 4.39 Å². The Balaban J connectivity index is 2.44. The van der Waals surface area contributed by atoms with Gasteiger partial charge >= 0.3 is 0 Å². The average molecular weight is 284 g/mol. The highest BCUT2D eigenvalue weighted by Crippen LogP contribution is 2.29. The molecular weight excluding hydrogens is 272 g/mol. The molecule has 0 aliphatic carbocycles. The number of hydrogen-bond acceptors (Lipinski definition) is 1. The first kappa shape index (κ1) is 13.3. The average Bonchev–Trinajstić information content (AvgIpc) is 2.28. The van der Waals surface area contributed by atoms with Crippen molar-refractivity contribution < 1.29 is 4.39 Å². The van der Waals surface area contributed by atoms with E-state index in [1.807, 2.05) is 25.1 Å². The zero-order valence-corrected chi connectivity index (χ0v) is 11.3. The van der Waals surface area contributed by atoms with E-state index >= 15 is 0 Å². The molecule has 2 aromatic carbocycles. The van der Waals surface area contributed by atoms with Crippen molar-refractivity contribution in [2.24, 2.45) is 5.73 Å². The summed E-state index contributed by atoms with van der Waals surface area (Å²) in [5, 5.41) is 0.885. The fourth-order valence-electron chi connectivity index (χ4n) is 1.81. The molecular formula is C14H12Cl2FN. The Morgan fingerprint density at radius 3 is 2.33 bits per heavy atom. The van der Waals surface area contributed by atoms with Gasteiger partial charge in [-0.2, -0.15) is 0 Å². The summed E-state index contributed by atoms with van der Waals surface area (Å²) in [5.74, 6) is -0.424. The van der Waals surface area contributed by atoms with Gasteiger partial charge in [-0.05, 0) is 36.2 Å². The monoisotopic (exact) mass is 283 g/mol. The van der Waals surface area contributed by atoms with Gasteiger partial charge in [0.2, 0.25) is 0 Å². The number of hydrogen-bond donors (Lipinski definition) is 1. The standard InChI is InChI=1S/C14H12Cl2FN/c1-8-2-4-10(12(16)6-8)14(18)11-5-3-9(15)7-13(11)17/h2-7,14H,18H2,1H3. The maximum Gasteiger partial charge on any atom is 0.129 e. The van der Waals surface area contributed by atoms with E-state index in [2.05, 4.69) is 0 Å². The first-order valence-corrected chi connectivity index (χ1v) is 6.21. The molecule has 18 heavy (non-hydrogen) atoms. The molecule has 0 spiro atoms. The number of halogens is 3. The topological polar surface area (TPSA) is 26.0 Å². The molecule has 0 aromatic heterocycles. The zero-order chi connectivity index (χ0) is 13.3. The molecule has 2 aromatic rings. The van der Waals surface area contributed by atoms with Gasteiger partial charge < -0.3 is 5.73 Å². The molecule has 2 rings (SSSR count). The van der Waals surface area contributed by atoms with Crippen LogP contribution >= 0.6 is 23.2 Å². The van der Waals surface area contributed by atoms with Crippen molar-refractivity contribution in [2.45, 2.75) is 13.0 Å². The molecule has 4 heteroatoms. The normalized spacial score (nSPS) is 12.5. The lowest BCUT2D eigenvalue weighted by Crippen LogP contribution is -2.14. The Morgan fingerprint density at radius 2 is 1.72 bits per heavy atom. The van der Waals surface area contributed by atoms with Crippen LogP contribution in [0.15, 0.2) is 36.4 Å². The molecule has 2 N–H and O–H groups in total. The maximum atomic E-state index is 13.8. The molecule has 0 heterocycles. The molecule has 0 saturated carbocycles. The molecule has 0 amide bonds. The first-order chi connectivity index (χ1) is 8.49. The molecule has 1 nitrogen and oxygen atoms in total. The van der Waals surface area contributed by atoms with Crippen LogP contribution in [0.25, 0.3) is 0 Å². The lowest BCUT2D eigenvalue weighted by Gasteiger charge is -2.15. The largest absolute Gasteiger partial charge is 0.320 e. The summed E-state index contributed by atoms with van der Waals surface area (Å²) >= 11 is 11.8. The maximum absolute atomic E-state index is 13.8. The highest BCUT2D eigenvalue weighted by atomic mass is 35.5. The van der Waals surface area contributed by atoms with Crippen molar-refractivity contribution >= 4 is 23.2 Å². The van der Waals surface area contributed by atoms with Gasteiger partial charge in [-0.1, -0.05) is 41.4 Å². The third-order valence-electron chi connectivity index (χ3n) is 2.79. The highest BCUT2D eigenvalue weighted by Gasteiger charge is 2.16. The van der Waals surface area contributed by atoms with Gasteiger partial charge in [0.05, 0.1) is 6.04 Å². The Labute approximate surface area is 115 Å². The molecule has 0 aliphatic rings. The van der Waals surface area contributed by atoms with E-state index in [0.717, 1.165) is 5.56 Å². The van der Waals surface area contributed by atoms with Crippen LogP contribution in [-0.2, 0) is 0 Å². The van der Waals surface area contributed by atoms with Crippen molar-refractivity contribution in [1.82, 2.24) is 0 Å². The molecule has 0 radical (unpaired) electrons. The van der Waals surface area contributed by atoms with Gasteiger partial charge in [-0.3, -0.25) is 0 Å². The van der Waals surface area contributed by atoms with E-state index in [4.69, 9.17) is 28.9 Å². The van der Waals surface area contributed by atoms with Gasteiger partial charge in [0, 0.05) is 15.6 Å². The molecule has 0 fully saturated rings. The number of rotatable bonds is 2. The molecule has 1 atom stereocenters. The van der Waals surface area contributed by atoms with Crippen molar-refractivity contribution in [3.05, 3.63) is 69.0 Å². The smallest absolute Gasteiger partial charge is 0.129 e. The third kappa shape index (κ3) is 2.66. The van der Waals surface area contributed by atoms with Gasteiger partial charge in [0.1, 0.15) is 5.82 Å². The van der Waals surface area contributed by atoms with Crippen molar-refractivity contribution in [2.75, 3.05) is 0 Å². The minimum absolute atomic E-state index is 0.346. The second-order valence-electron chi connectivity index (χ2n) is 4.17. The summed E-state index contributed by atoms with van der Waals surface area (Å²) in [6.45, 7) is 1.93. The van der Waals surface area contributed by atoms with Gasteiger partial charge in [0.25, 0.3) is 0 Å². The van der Waals surface area contributed by atoms with Gasteiger partial charge in [-0.15, -0.1) is 0 Å². The van der Waals surface area contributed by atoms with E-state index in [9.17, 15) is 4.39 Å². The third-order valence-corrected chi connectivity index (χ3v) is 3.35. The van der Waals surface area contributed by atoms with Crippen LogP contribution in [0.1, 0.15) is 22.7 Å². The van der Waals surface area contributed by atoms with E-state index in [-0.39, 0.29) is 0 Å².